The van der Waals surface area contributed by atoms with Crippen LogP contribution < -0.4 is 16.2 Å². The van der Waals surface area contributed by atoms with Gasteiger partial charge in [-0.15, -0.1) is 0 Å². The second kappa shape index (κ2) is 9.37. The molecule has 34 heavy (non-hydrogen) atoms. The normalized spacial score (nSPS) is 17.6. The summed E-state index contributed by atoms with van der Waals surface area (Å²) in [5, 5.41) is 6.39. The minimum atomic E-state index is -4.78. The number of rotatable bonds is 5. The van der Waals surface area contributed by atoms with Crippen LogP contribution in [0.2, 0.25) is 0 Å². The van der Waals surface area contributed by atoms with Crippen LogP contribution in [-0.2, 0) is 6.18 Å². The van der Waals surface area contributed by atoms with Crippen LogP contribution in [-0.4, -0.2) is 16.9 Å². The molecule has 4 rings (SSSR count). The second-order valence-corrected chi connectivity index (χ2v) is 8.65. The van der Waals surface area contributed by atoms with Gasteiger partial charge in [-0.2, -0.15) is 13.2 Å². The first-order chi connectivity index (χ1) is 16.2. The third kappa shape index (κ3) is 4.85. The zero-order valence-electron chi connectivity index (χ0n) is 18.9. The Kier molecular flexibility index (Phi) is 6.50. The van der Waals surface area contributed by atoms with Crippen molar-refractivity contribution in [3.05, 3.63) is 87.3 Å². The van der Waals surface area contributed by atoms with Gasteiger partial charge in [0.1, 0.15) is 11.3 Å². The molecular formula is C26H26F3N3O2. The lowest BCUT2D eigenvalue weighted by atomic mass is 9.89. The number of pyridine rings is 1. The number of hydrogen-bond acceptors (Lipinski definition) is 3. The van der Waals surface area contributed by atoms with Crippen LogP contribution in [0.5, 0.6) is 0 Å². The van der Waals surface area contributed by atoms with Gasteiger partial charge in [0, 0.05) is 17.3 Å². The van der Waals surface area contributed by atoms with E-state index in [9.17, 15) is 22.8 Å². The van der Waals surface area contributed by atoms with E-state index in [0.29, 0.717) is 6.42 Å². The molecule has 3 N–H and O–H groups in total. The summed E-state index contributed by atoms with van der Waals surface area (Å²) in [6.07, 6.45) is -2.31. The first-order valence-corrected chi connectivity index (χ1v) is 11.2. The number of amides is 1. The number of fused-ring (bicyclic) bond motifs is 1. The summed E-state index contributed by atoms with van der Waals surface area (Å²) in [4.78, 5) is 27.7. The standard InChI is InChI=1S/C26H26F3N3O2/c1-3-7-17-13-22(19-12-15(2)10-11-21(19)30-17)31-24(33)20-14-18(16-8-5-4-6-9-16)23(26(27,28)29)32-25(20)34/h4-6,8-12,14,17,22,30H,3,7,13H2,1-2H3,(H,31,33)(H,32,34)/t17-,22+/m0/s1. The Morgan fingerprint density at radius 1 is 1.12 bits per heavy atom. The van der Waals surface area contributed by atoms with Crippen molar-refractivity contribution >= 4 is 11.6 Å². The smallest absolute Gasteiger partial charge is 0.382 e. The number of aryl methyl sites for hydroxylation is 1. The molecular weight excluding hydrogens is 443 g/mol. The van der Waals surface area contributed by atoms with Crippen molar-refractivity contribution in [3.63, 3.8) is 0 Å². The number of halogens is 3. The van der Waals surface area contributed by atoms with Crippen LogP contribution in [0.3, 0.4) is 0 Å². The molecule has 5 nitrogen and oxygen atoms in total. The summed E-state index contributed by atoms with van der Waals surface area (Å²) < 4.78 is 41.0. The summed E-state index contributed by atoms with van der Waals surface area (Å²) in [6.45, 7) is 4.02. The van der Waals surface area contributed by atoms with Crippen molar-refractivity contribution in [2.45, 2.75) is 51.4 Å². The highest BCUT2D eigenvalue weighted by molar-refractivity contribution is 5.95. The Morgan fingerprint density at radius 3 is 2.53 bits per heavy atom. The Balaban J connectivity index is 1.72. The molecule has 0 fully saturated rings. The number of aromatic nitrogens is 1. The van der Waals surface area contributed by atoms with Gasteiger partial charge < -0.3 is 15.6 Å². The molecule has 1 amide bonds. The van der Waals surface area contributed by atoms with Gasteiger partial charge in [0.05, 0.1) is 6.04 Å². The molecule has 0 saturated carbocycles. The van der Waals surface area contributed by atoms with Crippen molar-refractivity contribution < 1.29 is 18.0 Å². The highest BCUT2D eigenvalue weighted by atomic mass is 19.4. The van der Waals surface area contributed by atoms with Crippen molar-refractivity contribution in [2.24, 2.45) is 0 Å². The average Bonchev–Trinajstić information content (AvgIpc) is 2.79. The lowest BCUT2D eigenvalue weighted by Crippen LogP contribution is -2.39. The van der Waals surface area contributed by atoms with E-state index in [4.69, 9.17) is 0 Å². The molecule has 0 aliphatic carbocycles. The van der Waals surface area contributed by atoms with E-state index >= 15 is 0 Å². The maximum atomic E-state index is 13.7. The molecule has 2 aromatic carbocycles. The van der Waals surface area contributed by atoms with Crippen molar-refractivity contribution in [2.75, 3.05) is 5.32 Å². The molecule has 0 radical (unpaired) electrons. The van der Waals surface area contributed by atoms with Crippen LogP contribution in [0.15, 0.2) is 59.4 Å². The highest BCUT2D eigenvalue weighted by Crippen LogP contribution is 2.36. The number of H-pyrrole nitrogens is 1. The van der Waals surface area contributed by atoms with Crippen molar-refractivity contribution in [1.82, 2.24) is 10.3 Å². The van der Waals surface area contributed by atoms with E-state index < -0.39 is 23.3 Å². The van der Waals surface area contributed by atoms with Gasteiger partial charge in [-0.05, 0) is 43.0 Å². The molecule has 0 saturated heterocycles. The zero-order chi connectivity index (χ0) is 24.5. The lowest BCUT2D eigenvalue weighted by Gasteiger charge is -2.34. The maximum Gasteiger partial charge on any atom is 0.431 e. The first kappa shape index (κ1) is 23.6. The number of hydrogen-bond donors (Lipinski definition) is 3. The van der Waals surface area contributed by atoms with E-state index in [1.165, 1.54) is 12.1 Å². The predicted octanol–water partition coefficient (Wildman–Crippen LogP) is 5.82. The fraction of sp³-hybridized carbons (Fsp3) is 0.308. The van der Waals surface area contributed by atoms with Crippen LogP contribution in [0.4, 0.5) is 18.9 Å². The first-order valence-electron chi connectivity index (χ1n) is 11.2. The summed E-state index contributed by atoms with van der Waals surface area (Å²) in [6, 6.07) is 14.6. The third-order valence-electron chi connectivity index (χ3n) is 6.06. The average molecular weight is 470 g/mol. The number of carbonyl (C=O) groups excluding carboxylic acids is 1. The molecule has 0 unspecified atom stereocenters. The molecule has 178 valence electrons. The van der Waals surface area contributed by atoms with Crippen LogP contribution >= 0.6 is 0 Å². The van der Waals surface area contributed by atoms with Gasteiger partial charge in [-0.3, -0.25) is 9.59 Å². The largest absolute Gasteiger partial charge is 0.431 e. The number of carbonyl (C=O) groups is 1. The number of benzene rings is 2. The van der Waals surface area contributed by atoms with E-state index in [1.807, 2.05) is 30.1 Å². The molecule has 1 aliphatic heterocycles. The molecule has 2 atom stereocenters. The predicted molar refractivity (Wildman–Crippen MR) is 126 cm³/mol. The minimum Gasteiger partial charge on any atom is -0.382 e. The Morgan fingerprint density at radius 2 is 1.85 bits per heavy atom. The zero-order valence-corrected chi connectivity index (χ0v) is 18.9. The molecule has 1 aliphatic rings. The fourth-order valence-electron chi connectivity index (χ4n) is 4.47. The SMILES string of the molecule is CCC[C@H]1C[C@@H](NC(=O)c2cc(-c3ccccc3)c(C(F)(F)F)[nH]c2=O)c2cc(C)ccc2N1. The van der Waals surface area contributed by atoms with E-state index in [0.717, 1.165) is 35.7 Å². The minimum absolute atomic E-state index is 0.135. The maximum absolute atomic E-state index is 13.7. The summed E-state index contributed by atoms with van der Waals surface area (Å²) >= 11 is 0. The molecule has 0 bridgehead atoms. The molecule has 2 heterocycles. The Bertz CT molecular complexity index is 1250. The number of alkyl halides is 3. The van der Waals surface area contributed by atoms with E-state index in [1.54, 1.807) is 18.2 Å². The Labute approximate surface area is 195 Å². The molecule has 1 aromatic heterocycles. The van der Waals surface area contributed by atoms with Gasteiger partial charge >= 0.3 is 6.18 Å². The van der Waals surface area contributed by atoms with E-state index in [2.05, 4.69) is 17.6 Å². The van der Waals surface area contributed by atoms with Crippen molar-refractivity contribution in [1.29, 1.82) is 0 Å². The quantitative estimate of drug-likeness (QED) is 0.441. The van der Waals surface area contributed by atoms with Gasteiger partial charge in [-0.1, -0.05) is 61.4 Å². The van der Waals surface area contributed by atoms with Crippen molar-refractivity contribution in [3.8, 4) is 11.1 Å². The van der Waals surface area contributed by atoms with Gasteiger partial charge in [0.25, 0.3) is 11.5 Å². The number of anilines is 1. The monoisotopic (exact) mass is 469 g/mol. The van der Waals surface area contributed by atoms with Gasteiger partial charge in [0.2, 0.25) is 0 Å². The van der Waals surface area contributed by atoms with E-state index in [-0.39, 0.29) is 28.8 Å². The van der Waals surface area contributed by atoms with Gasteiger partial charge in [0.15, 0.2) is 0 Å². The number of aromatic amines is 1. The lowest BCUT2D eigenvalue weighted by molar-refractivity contribution is -0.140. The van der Waals surface area contributed by atoms with Crippen LogP contribution in [0.1, 0.15) is 59.4 Å². The molecule has 3 aromatic rings. The molecule has 8 heteroatoms. The third-order valence-corrected chi connectivity index (χ3v) is 6.06. The summed E-state index contributed by atoms with van der Waals surface area (Å²) in [5.41, 5.74) is 0.228. The highest BCUT2D eigenvalue weighted by Gasteiger charge is 2.36. The summed E-state index contributed by atoms with van der Waals surface area (Å²) in [7, 11) is 0. The molecule has 0 spiro atoms. The summed E-state index contributed by atoms with van der Waals surface area (Å²) in [5.74, 6) is -0.707. The van der Waals surface area contributed by atoms with Gasteiger partial charge in [-0.25, -0.2) is 0 Å². The van der Waals surface area contributed by atoms with Crippen LogP contribution in [0, 0.1) is 6.92 Å². The second-order valence-electron chi connectivity index (χ2n) is 8.65. The fourth-order valence-corrected chi connectivity index (χ4v) is 4.47. The number of nitrogens with one attached hydrogen (secondary N) is 3. The van der Waals surface area contributed by atoms with Crippen LogP contribution in [0.25, 0.3) is 11.1 Å². The topological polar surface area (TPSA) is 74.0 Å². The Hall–Kier alpha value is -3.55.